The molecule has 2 N–H and O–H groups in total. The molecule has 0 fully saturated rings. The molecule has 0 bridgehead atoms. The molecule has 184 valence electrons. The van der Waals surface area contributed by atoms with E-state index in [9.17, 15) is 27.9 Å². The maximum absolute atomic E-state index is 14.1. The Hall–Kier alpha value is -3.14. The lowest BCUT2D eigenvalue weighted by Gasteiger charge is -2.37. The predicted molar refractivity (Wildman–Crippen MR) is 125 cm³/mol. The Balaban J connectivity index is 1.95. The minimum Gasteiger partial charge on any atom is -0.478 e. The molecule has 0 aliphatic heterocycles. The summed E-state index contributed by atoms with van der Waals surface area (Å²) in [6.45, 7) is 1.18. The molecular formula is C24H19Cl2F3N2O4. The molecule has 2 unspecified atom stereocenters. The second-order valence-corrected chi connectivity index (χ2v) is 8.60. The molecule has 0 saturated heterocycles. The molecule has 2 atom stereocenters. The van der Waals surface area contributed by atoms with E-state index < -0.39 is 35.1 Å². The highest BCUT2D eigenvalue weighted by molar-refractivity contribution is 6.32. The van der Waals surface area contributed by atoms with Crippen molar-refractivity contribution in [3.05, 3.63) is 93.2 Å². The number of aromatic nitrogens is 1. The number of anilines is 1. The number of carbonyl (C=O) groups is 2. The number of aromatic carboxylic acids is 1. The molecule has 3 rings (SSSR count). The summed E-state index contributed by atoms with van der Waals surface area (Å²) in [5.41, 5.74) is -3.33. The van der Waals surface area contributed by atoms with E-state index in [1.807, 2.05) is 0 Å². The van der Waals surface area contributed by atoms with Crippen LogP contribution in [-0.4, -0.2) is 40.3 Å². The molecule has 0 saturated carbocycles. The topological polar surface area (TPSA) is 90.7 Å². The highest BCUT2D eigenvalue weighted by Gasteiger charge is 2.59. The zero-order chi connectivity index (χ0) is 26.1. The van der Waals surface area contributed by atoms with Gasteiger partial charge in [-0.25, -0.2) is 9.78 Å². The number of rotatable bonds is 6. The average Bonchev–Trinajstić information content (AvgIpc) is 2.81. The summed E-state index contributed by atoms with van der Waals surface area (Å²) >= 11 is 12.1. The summed E-state index contributed by atoms with van der Waals surface area (Å²) < 4.78 is 42.4. The van der Waals surface area contributed by atoms with Gasteiger partial charge in [0, 0.05) is 35.4 Å². The Labute approximate surface area is 208 Å². The summed E-state index contributed by atoms with van der Waals surface area (Å²) in [6.07, 6.45) is -4.01. The van der Waals surface area contributed by atoms with E-state index in [1.165, 1.54) is 61.3 Å². The first-order valence-electron chi connectivity index (χ1n) is 10.1. The van der Waals surface area contributed by atoms with Crippen molar-refractivity contribution in [3.8, 4) is 0 Å². The van der Waals surface area contributed by atoms with Gasteiger partial charge in [0.15, 0.2) is 5.60 Å². The number of hydrogen-bond donors (Lipinski definition) is 2. The third-order valence-corrected chi connectivity index (χ3v) is 6.28. The van der Waals surface area contributed by atoms with E-state index in [-0.39, 0.29) is 32.6 Å². The molecule has 1 amide bonds. The van der Waals surface area contributed by atoms with Crippen molar-refractivity contribution in [2.24, 2.45) is 0 Å². The fourth-order valence-corrected chi connectivity index (χ4v) is 4.18. The molecule has 35 heavy (non-hydrogen) atoms. The Bertz CT molecular complexity index is 1270. The van der Waals surface area contributed by atoms with Crippen LogP contribution >= 0.6 is 23.2 Å². The van der Waals surface area contributed by atoms with Crippen LogP contribution in [0, 0.1) is 0 Å². The molecule has 2 aromatic carbocycles. The van der Waals surface area contributed by atoms with Crippen LogP contribution in [0.1, 0.15) is 44.7 Å². The fourth-order valence-electron chi connectivity index (χ4n) is 3.67. The average molecular weight is 527 g/mol. The van der Waals surface area contributed by atoms with Gasteiger partial charge in [0.25, 0.3) is 5.91 Å². The molecular weight excluding hydrogens is 508 g/mol. The Morgan fingerprint density at radius 1 is 1.00 bits per heavy atom. The van der Waals surface area contributed by atoms with Gasteiger partial charge in [0.2, 0.25) is 0 Å². The fraction of sp³-hybridized carbons (Fsp3) is 0.208. The monoisotopic (exact) mass is 526 g/mol. The van der Waals surface area contributed by atoms with Gasteiger partial charge in [-0.3, -0.25) is 4.79 Å². The summed E-state index contributed by atoms with van der Waals surface area (Å²) in [7, 11) is 1.44. The van der Waals surface area contributed by atoms with E-state index in [1.54, 1.807) is 0 Å². The van der Waals surface area contributed by atoms with Gasteiger partial charge < -0.3 is 15.1 Å². The number of aliphatic hydroxyl groups is 1. The van der Waals surface area contributed by atoms with Crippen molar-refractivity contribution >= 4 is 40.8 Å². The smallest absolute Gasteiger partial charge is 0.422 e. The molecule has 3 aromatic rings. The van der Waals surface area contributed by atoms with Gasteiger partial charge in [-0.2, -0.15) is 13.2 Å². The van der Waals surface area contributed by atoms with Crippen LogP contribution in [0.25, 0.3) is 0 Å². The second-order valence-electron chi connectivity index (χ2n) is 7.81. The van der Waals surface area contributed by atoms with Crippen molar-refractivity contribution in [1.82, 2.24) is 4.98 Å². The Morgan fingerprint density at radius 3 is 2.11 bits per heavy atom. The molecule has 6 nitrogen and oxygen atoms in total. The van der Waals surface area contributed by atoms with Crippen LogP contribution in [-0.2, 0) is 5.60 Å². The lowest BCUT2D eigenvalue weighted by molar-refractivity contribution is -0.274. The first kappa shape index (κ1) is 26.5. The number of carboxylic acids is 1. The van der Waals surface area contributed by atoms with Crippen molar-refractivity contribution in [3.63, 3.8) is 0 Å². The molecule has 0 spiro atoms. The highest BCUT2D eigenvalue weighted by Crippen LogP contribution is 2.50. The number of amides is 1. The maximum Gasteiger partial charge on any atom is 0.422 e. The highest BCUT2D eigenvalue weighted by atomic mass is 35.5. The zero-order valence-electron chi connectivity index (χ0n) is 18.3. The number of carboxylic acid groups (broad SMARTS) is 1. The third-order valence-electron chi connectivity index (χ3n) is 5.75. The predicted octanol–water partition coefficient (Wildman–Crippen LogP) is 5.92. The number of carbonyl (C=O) groups excluding carboxylic acids is 1. The molecule has 11 heteroatoms. The number of halogens is 5. The molecule has 1 heterocycles. The largest absolute Gasteiger partial charge is 0.478 e. The van der Waals surface area contributed by atoms with Crippen molar-refractivity contribution in [1.29, 1.82) is 0 Å². The first-order chi connectivity index (χ1) is 16.3. The van der Waals surface area contributed by atoms with Gasteiger partial charge in [-0.15, -0.1) is 0 Å². The zero-order valence-corrected chi connectivity index (χ0v) is 19.9. The number of nitrogens with zero attached hydrogens (tertiary/aromatic N) is 2. The maximum atomic E-state index is 14.1. The summed E-state index contributed by atoms with van der Waals surface area (Å²) in [4.78, 5) is 28.7. The lowest BCUT2D eigenvalue weighted by atomic mass is 9.78. The van der Waals surface area contributed by atoms with Crippen LogP contribution in [0.5, 0.6) is 0 Å². The van der Waals surface area contributed by atoms with Crippen molar-refractivity contribution in [2.45, 2.75) is 24.6 Å². The van der Waals surface area contributed by atoms with Gasteiger partial charge >= 0.3 is 12.1 Å². The van der Waals surface area contributed by atoms with E-state index in [4.69, 9.17) is 28.3 Å². The van der Waals surface area contributed by atoms with Gasteiger partial charge in [-0.1, -0.05) is 36.2 Å². The SMILES string of the molecule is CC(c1ccc(N(C)C(=O)c2ccc(C(=O)O)cc2)cc1Cl)C(O)(c1ccnc(Cl)c1)C(F)(F)F. The minimum absolute atomic E-state index is 0.00478. The number of hydrogen-bond acceptors (Lipinski definition) is 4. The van der Waals surface area contributed by atoms with E-state index in [0.29, 0.717) is 0 Å². The van der Waals surface area contributed by atoms with E-state index >= 15 is 0 Å². The molecule has 0 aliphatic carbocycles. The van der Waals surface area contributed by atoms with Crippen LogP contribution in [0.2, 0.25) is 10.2 Å². The van der Waals surface area contributed by atoms with Crippen molar-refractivity contribution < 1.29 is 33.0 Å². The normalized spacial score (nSPS) is 14.2. The van der Waals surface area contributed by atoms with Crippen LogP contribution < -0.4 is 4.90 Å². The number of benzene rings is 2. The molecule has 1 aromatic heterocycles. The Kier molecular flexibility index (Phi) is 7.45. The Morgan fingerprint density at radius 2 is 1.60 bits per heavy atom. The summed E-state index contributed by atoms with van der Waals surface area (Å²) in [5.74, 6) is -3.18. The summed E-state index contributed by atoms with van der Waals surface area (Å²) in [5, 5.41) is 19.6. The quantitative estimate of drug-likeness (QED) is 0.389. The van der Waals surface area contributed by atoms with Gasteiger partial charge in [-0.05, 0) is 59.7 Å². The standard InChI is InChI=1S/C24H19Cl2F3N2O4/c1-13(23(35,24(27,28)29)16-9-10-30-20(26)11-16)18-8-7-17(12-19(18)25)31(2)21(32)14-3-5-15(6-4-14)22(33)34/h3-13,35H,1-2H3,(H,33,34). The van der Waals surface area contributed by atoms with Gasteiger partial charge in [0.05, 0.1) is 5.56 Å². The van der Waals surface area contributed by atoms with E-state index in [0.717, 1.165) is 18.3 Å². The third kappa shape index (κ3) is 5.12. The molecule has 0 aliphatic rings. The van der Waals surface area contributed by atoms with Crippen LogP contribution in [0.15, 0.2) is 60.8 Å². The first-order valence-corrected chi connectivity index (χ1v) is 10.8. The van der Waals surface area contributed by atoms with Crippen LogP contribution in [0.3, 0.4) is 0 Å². The molecule has 0 radical (unpaired) electrons. The van der Waals surface area contributed by atoms with E-state index in [2.05, 4.69) is 4.98 Å². The lowest BCUT2D eigenvalue weighted by Crippen LogP contribution is -2.46. The number of alkyl halides is 3. The minimum atomic E-state index is -5.08. The van der Waals surface area contributed by atoms with Crippen LogP contribution in [0.4, 0.5) is 18.9 Å². The van der Waals surface area contributed by atoms with Crippen molar-refractivity contribution in [2.75, 3.05) is 11.9 Å². The number of pyridine rings is 1. The second kappa shape index (κ2) is 9.85. The summed E-state index contributed by atoms with van der Waals surface area (Å²) in [6, 6.07) is 11.3. The van der Waals surface area contributed by atoms with Gasteiger partial charge in [0.1, 0.15) is 5.15 Å².